The van der Waals surface area contributed by atoms with Crippen molar-refractivity contribution in [1.29, 1.82) is 0 Å². The van der Waals surface area contributed by atoms with E-state index in [4.69, 9.17) is 14.6 Å². The van der Waals surface area contributed by atoms with E-state index in [1.807, 2.05) is 0 Å². The van der Waals surface area contributed by atoms with Gasteiger partial charge in [-0.25, -0.2) is 0 Å². The zero-order valence-corrected chi connectivity index (χ0v) is 18.1. The minimum atomic E-state index is -2.08. The third-order valence-corrected chi connectivity index (χ3v) is 4.20. The molecule has 0 aromatic carbocycles. The molecule has 1 amide bonds. The number of aromatic nitrogens is 1. The Bertz CT molecular complexity index is 823. The van der Waals surface area contributed by atoms with Gasteiger partial charge in [-0.15, -0.1) is 0 Å². The van der Waals surface area contributed by atoms with Crippen LogP contribution in [0.15, 0.2) is 18.3 Å². The fourth-order valence-corrected chi connectivity index (χ4v) is 2.72. The summed E-state index contributed by atoms with van der Waals surface area (Å²) in [7, 11) is 1.15. The van der Waals surface area contributed by atoms with E-state index < -0.39 is 48.2 Å². The highest BCUT2D eigenvalue weighted by Gasteiger charge is 2.51. The molecule has 176 valence electrons. The number of aliphatic carboxylic acids is 1. The van der Waals surface area contributed by atoms with Gasteiger partial charge in [0.15, 0.2) is 5.41 Å². The highest BCUT2D eigenvalue weighted by Crippen LogP contribution is 2.31. The number of nitrogens with zero attached hydrogens (tertiary/aromatic N) is 1. The van der Waals surface area contributed by atoms with E-state index in [1.54, 1.807) is 13.8 Å². The van der Waals surface area contributed by atoms with Crippen molar-refractivity contribution in [3.8, 4) is 0 Å². The average Bonchev–Trinajstić information content (AvgIpc) is 2.76. The minimum absolute atomic E-state index is 0.0581. The van der Waals surface area contributed by atoms with Crippen LogP contribution in [-0.4, -0.2) is 73.3 Å². The van der Waals surface area contributed by atoms with Gasteiger partial charge >= 0.3 is 23.9 Å². The SMILES string of the molecule is CCOC(=O)C(CC(=O)NCC(=O)OC)(Cc1cc(NCC(=O)O)ccn1)C(=O)OCC. The number of nitrogens with one attached hydrogen (secondary N) is 2. The van der Waals surface area contributed by atoms with Gasteiger partial charge in [-0.1, -0.05) is 0 Å². The van der Waals surface area contributed by atoms with Crippen LogP contribution in [0.5, 0.6) is 0 Å². The Morgan fingerprint density at radius 2 is 1.69 bits per heavy atom. The first-order chi connectivity index (χ1) is 15.2. The largest absolute Gasteiger partial charge is 0.480 e. The number of carboxylic acid groups (broad SMARTS) is 1. The molecule has 0 atom stereocenters. The molecule has 3 N–H and O–H groups in total. The number of hydrogen-bond donors (Lipinski definition) is 3. The summed E-state index contributed by atoms with van der Waals surface area (Å²) >= 11 is 0. The van der Waals surface area contributed by atoms with Crippen LogP contribution in [0.2, 0.25) is 0 Å². The molecular weight excluding hydrogens is 426 g/mol. The number of ether oxygens (including phenoxy) is 3. The first-order valence-corrected chi connectivity index (χ1v) is 9.77. The molecule has 0 radical (unpaired) electrons. The molecule has 1 heterocycles. The average molecular weight is 453 g/mol. The predicted molar refractivity (Wildman–Crippen MR) is 109 cm³/mol. The van der Waals surface area contributed by atoms with E-state index in [9.17, 15) is 24.0 Å². The zero-order valence-electron chi connectivity index (χ0n) is 18.1. The van der Waals surface area contributed by atoms with Crippen LogP contribution in [-0.2, 0) is 44.6 Å². The van der Waals surface area contributed by atoms with Gasteiger partial charge in [-0.2, -0.15) is 0 Å². The summed E-state index contributed by atoms with van der Waals surface area (Å²) in [6, 6.07) is 2.95. The smallest absolute Gasteiger partial charge is 0.325 e. The van der Waals surface area contributed by atoms with Crippen LogP contribution >= 0.6 is 0 Å². The second-order valence-electron chi connectivity index (χ2n) is 6.51. The molecule has 1 rings (SSSR count). The number of carbonyl (C=O) groups is 5. The highest BCUT2D eigenvalue weighted by molar-refractivity contribution is 6.04. The molecule has 0 aliphatic rings. The van der Waals surface area contributed by atoms with E-state index in [2.05, 4.69) is 20.4 Å². The molecule has 0 fully saturated rings. The molecule has 1 aromatic heterocycles. The van der Waals surface area contributed by atoms with Crippen LogP contribution in [0, 0.1) is 5.41 Å². The van der Waals surface area contributed by atoms with Crippen LogP contribution < -0.4 is 10.6 Å². The second kappa shape index (κ2) is 12.9. The number of methoxy groups -OCH3 is 1. The van der Waals surface area contributed by atoms with E-state index in [0.29, 0.717) is 5.69 Å². The maximum atomic E-state index is 12.9. The van der Waals surface area contributed by atoms with Crippen molar-refractivity contribution >= 4 is 35.5 Å². The Morgan fingerprint density at radius 1 is 1.06 bits per heavy atom. The van der Waals surface area contributed by atoms with Crippen molar-refractivity contribution in [2.75, 3.05) is 38.7 Å². The molecule has 0 saturated carbocycles. The number of carboxylic acids is 1. The lowest BCUT2D eigenvalue weighted by Crippen LogP contribution is -2.48. The van der Waals surface area contributed by atoms with Gasteiger partial charge in [0, 0.05) is 24.0 Å². The molecule has 0 unspecified atom stereocenters. The van der Waals surface area contributed by atoms with Crippen molar-refractivity contribution in [3.63, 3.8) is 0 Å². The molecule has 12 nitrogen and oxygen atoms in total. The van der Waals surface area contributed by atoms with E-state index >= 15 is 0 Å². The molecule has 0 aliphatic heterocycles. The number of esters is 3. The van der Waals surface area contributed by atoms with Gasteiger partial charge < -0.3 is 30.0 Å². The summed E-state index contributed by atoms with van der Waals surface area (Å²) in [4.78, 5) is 64.5. The van der Waals surface area contributed by atoms with E-state index in [1.165, 1.54) is 18.3 Å². The maximum Gasteiger partial charge on any atom is 0.325 e. The summed E-state index contributed by atoms with van der Waals surface area (Å²) in [5.74, 6) is -4.56. The number of amides is 1. The van der Waals surface area contributed by atoms with Gasteiger partial charge in [0.25, 0.3) is 0 Å². The second-order valence-corrected chi connectivity index (χ2v) is 6.51. The fraction of sp³-hybridized carbons (Fsp3) is 0.500. The number of carbonyl (C=O) groups excluding carboxylic acids is 4. The molecule has 0 aliphatic carbocycles. The molecular formula is C20H27N3O9. The Morgan fingerprint density at radius 3 is 2.22 bits per heavy atom. The molecule has 0 saturated heterocycles. The van der Waals surface area contributed by atoms with Crippen LogP contribution in [0.1, 0.15) is 26.0 Å². The lowest BCUT2D eigenvalue weighted by molar-refractivity contribution is -0.174. The molecule has 1 aromatic rings. The lowest BCUT2D eigenvalue weighted by Gasteiger charge is -2.28. The maximum absolute atomic E-state index is 12.9. The summed E-state index contributed by atoms with van der Waals surface area (Å²) in [6.07, 6.45) is 0.326. The monoisotopic (exact) mass is 453 g/mol. The Labute approximate surface area is 184 Å². The quantitative estimate of drug-likeness (QED) is 0.207. The third kappa shape index (κ3) is 7.85. The molecule has 0 spiro atoms. The van der Waals surface area contributed by atoms with Crippen LogP contribution in [0.3, 0.4) is 0 Å². The van der Waals surface area contributed by atoms with Gasteiger partial charge in [0.2, 0.25) is 5.91 Å². The van der Waals surface area contributed by atoms with Crippen molar-refractivity contribution in [3.05, 3.63) is 24.0 Å². The minimum Gasteiger partial charge on any atom is -0.480 e. The predicted octanol–water partition coefficient (Wildman–Crippen LogP) is -0.0875. The molecule has 0 bridgehead atoms. The van der Waals surface area contributed by atoms with E-state index in [0.717, 1.165) is 7.11 Å². The number of anilines is 1. The Balaban J connectivity index is 3.29. The Hall–Kier alpha value is -3.70. The van der Waals surface area contributed by atoms with Gasteiger partial charge in [0.05, 0.1) is 26.7 Å². The van der Waals surface area contributed by atoms with Gasteiger partial charge in [-0.3, -0.25) is 29.0 Å². The third-order valence-electron chi connectivity index (χ3n) is 4.20. The van der Waals surface area contributed by atoms with Crippen molar-refractivity contribution in [1.82, 2.24) is 10.3 Å². The summed E-state index contributed by atoms with van der Waals surface area (Å²) in [5.41, 5.74) is -1.48. The first kappa shape index (κ1) is 26.3. The number of pyridine rings is 1. The Kier molecular flexibility index (Phi) is 10.6. The zero-order chi connectivity index (χ0) is 24.1. The molecule has 12 heteroatoms. The number of rotatable bonds is 13. The van der Waals surface area contributed by atoms with Crippen LogP contribution in [0.25, 0.3) is 0 Å². The normalized spacial score (nSPS) is 10.6. The van der Waals surface area contributed by atoms with Crippen molar-refractivity contribution < 1.29 is 43.3 Å². The standard InChI is InChI=1S/C20H27N3O9/c1-4-31-18(28)20(19(29)32-5-2,10-15(24)23-12-17(27)30-3)9-14-8-13(6-7-21-14)22-11-16(25)26/h6-8H,4-5,9-12H2,1-3H3,(H,21,22)(H,23,24)(H,25,26). The lowest BCUT2D eigenvalue weighted by atomic mass is 9.79. The van der Waals surface area contributed by atoms with Crippen molar-refractivity contribution in [2.45, 2.75) is 26.7 Å². The fourth-order valence-electron chi connectivity index (χ4n) is 2.72. The molecule has 32 heavy (non-hydrogen) atoms. The summed E-state index contributed by atoms with van der Waals surface area (Å²) in [6.45, 7) is 2.15. The topological polar surface area (TPSA) is 170 Å². The van der Waals surface area contributed by atoms with E-state index in [-0.39, 0.29) is 31.9 Å². The number of hydrogen-bond acceptors (Lipinski definition) is 10. The summed E-state index contributed by atoms with van der Waals surface area (Å²) in [5, 5.41) is 13.8. The van der Waals surface area contributed by atoms with Gasteiger partial charge in [0.1, 0.15) is 13.1 Å². The summed E-state index contributed by atoms with van der Waals surface area (Å²) < 4.78 is 14.6. The first-order valence-electron chi connectivity index (χ1n) is 9.77. The van der Waals surface area contributed by atoms with Crippen molar-refractivity contribution in [2.24, 2.45) is 5.41 Å². The van der Waals surface area contributed by atoms with Gasteiger partial charge in [-0.05, 0) is 26.0 Å². The highest BCUT2D eigenvalue weighted by atomic mass is 16.6. The van der Waals surface area contributed by atoms with Crippen LogP contribution in [0.4, 0.5) is 5.69 Å².